The molecule has 9 nitrogen and oxygen atoms in total. The SMILES string of the molecule is CCOC(=O)NC(=O)CSc1nc2ccccc2c(=O)n1CCCN1CCOCC1. The molecule has 0 saturated carbocycles. The van der Waals surface area contributed by atoms with Gasteiger partial charge in [0.05, 0.1) is 36.5 Å². The summed E-state index contributed by atoms with van der Waals surface area (Å²) in [5, 5.41) is 3.16. The summed E-state index contributed by atoms with van der Waals surface area (Å²) in [6.45, 7) is 6.43. The van der Waals surface area contributed by atoms with Gasteiger partial charge in [-0.2, -0.15) is 0 Å². The molecule has 1 N–H and O–H groups in total. The maximum Gasteiger partial charge on any atom is 0.413 e. The van der Waals surface area contributed by atoms with Crippen LogP contribution in [0.15, 0.2) is 34.2 Å². The number of carbonyl (C=O) groups is 2. The second-order valence-electron chi connectivity index (χ2n) is 6.73. The summed E-state index contributed by atoms with van der Waals surface area (Å²) in [4.78, 5) is 43.4. The normalized spacial score (nSPS) is 14.6. The lowest BCUT2D eigenvalue weighted by Gasteiger charge is -2.26. The molecule has 162 valence electrons. The highest BCUT2D eigenvalue weighted by Gasteiger charge is 2.16. The number of alkyl carbamates (subject to hydrolysis) is 1. The van der Waals surface area contributed by atoms with Gasteiger partial charge in [0.2, 0.25) is 5.91 Å². The van der Waals surface area contributed by atoms with Gasteiger partial charge in [-0.15, -0.1) is 0 Å². The average Bonchev–Trinajstić information content (AvgIpc) is 2.75. The quantitative estimate of drug-likeness (QED) is 0.492. The number of amides is 2. The van der Waals surface area contributed by atoms with Crippen LogP contribution in [0.5, 0.6) is 0 Å². The van der Waals surface area contributed by atoms with Crippen molar-refractivity contribution in [3.8, 4) is 0 Å². The predicted molar refractivity (Wildman–Crippen MR) is 114 cm³/mol. The number of hydrogen-bond acceptors (Lipinski definition) is 8. The minimum Gasteiger partial charge on any atom is -0.450 e. The molecule has 0 atom stereocenters. The van der Waals surface area contributed by atoms with E-state index in [1.807, 2.05) is 12.1 Å². The van der Waals surface area contributed by atoms with Crippen molar-refractivity contribution in [1.29, 1.82) is 0 Å². The lowest BCUT2D eigenvalue weighted by atomic mass is 10.2. The Balaban J connectivity index is 1.72. The fourth-order valence-electron chi connectivity index (χ4n) is 3.18. The Bertz CT molecular complexity index is 942. The molecule has 0 aliphatic carbocycles. The number of nitrogens with zero attached hydrogens (tertiary/aromatic N) is 3. The van der Waals surface area contributed by atoms with Gasteiger partial charge in [0.1, 0.15) is 0 Å². The molecule has 1 saturated heterocycles. The van der Waals surface area contributed by atoms with E-state index in [9.17, 15) is 14.4 Å². The van der Waals surface area contributed by atoms with Crippen molar-refractivity contribution >= 4 is 34.7 Å². The van der Waals surface area contributed by atoms with Crippen LogP contribution >= 0.6 is 11.8 Å². The van der Waals surface area contributed by atoms with Crippen LogP contribution in [0.25, 0.3) is 10.9 Å². The van der Waals surface area contributed by atoms with Gasteiger partial charge in [-0.3, -0.25) is 24.4 Å². The van der Waals surface area contributed by atoms with E-state index < -0.39 is 12.0 Å². The molecule has 1 aliphatic rings. The smallest absolute Gasteiger partial charge is 0.413 e. The van der Waals surface area contributed by atoms with Crippen LogP contribution in [0.1, 0.15) is 13.3 Å². The van der Waals surface area contributed by atoms with Crippen molar-refractivity contribution in [3.63, 3.8) is 0 Å². The number of carbonyl (C=O) groups excluding carboxylic acids is 2. The largest absolute Gasteiger partial charge is 0.450 e. The lowest BCUT2D eigenvalue weighted by Crippen LogP contribution is -2.37. The molecule has 2 aromatic rings. The summed E-state index contributed by atoms with van der Waals surface area (Å²) in [5.74, 6) is -0.548. The summed E-state index contributed by atoms with van der Waals surface area (Å²) in [5.41, 5.74) is 0.455. The third kappa shape index (κ3) is 6.04. The highest BCUT2D eigenvalue weighted by atomic mass is 32.2. The number of ether oxygens (including phenoxy) is 2. The highest BCUT2D eigenvalue weighted by Crippen LogP contribution is 2.18. The minimum atomic E-state index is -0.780. The van der Waals surface area contributed by atoms with Crippen molar-refractivity contribution in [1.82, 2.24) is 19.8 Å². The molecule has 1 aromatic heterocycles. The summed E-state index contributed by atoms with van der Waals surface area (Å²) >= 11 is 1.13. The van der Waals surface area contributed by atoms with Crippen LogP contribution < -0.4 is 10.9 Å². The maximum absolute atomic E-state index is 13.0. The first kappa shape index (κ1) is 22.3. The molecule has 1 fully saturated rings. The zero-order chi connectivity index (χ0) is 21.3. The second kappa shape index (κ2) is 11.1. The van der Waals surface area contributed by atoms with E-state index in [1.165, 1.54) is 0 Å². The summed E-state index contributed by atoms with van der Waals surface area (Å²) in [6.07, 6.45) is 0.000149. The summed E-state index contributed by atoms with van der Waals surface area (Å²) in [7, 11) is 0. The van der Waals surface area contributed by atoms with E-state index in [-0.39, 0.29) is 17.9 Å². The number of rotatable bonds is 8. The van der Waals surface area contributed by atoms with E-state index >= 15 is 0 Å². The molecule has 10 heteroatoms. The van der Waals surface area contributed by atoms with E-state index in [2.05, 4.69) is 15.2 Å². The van der Waals surface area contributed by atoms with E-state index in [4.69, 9.17) is 9.47 Å². The van der Waals surface area contributed by atoms with E-state index in [0.29, 0.717) is 22.6 Å². The molecule has 0 unspecified atom stereocenters. The first-order chi connectivity index (χ1) is 14.6. The van der Waals surface area contributed by atoms with Gasteiger partial charge in [-0.1, -0.05) is 23.9 Å². The molecule has 30 heavy (non-hydrogen) atoms. The molecule has 2 amide bonds. The molecule has 0 bridgehead atoms. The van der Waals surface area contributed by atoms with Gasteiger partial charge in [-0.25, -0.2) is 9.78 Å². The van der Waals surface area contributed by atoms with Crippen LogP contribution in [-0.2, 0) is 20.8 Å². The van der Waals surface area contributed by atoms with Crippen molar-refractivity contribution in [2.45, 2.75) is 25.0 Å². The summed E-state index contributed by atoms with van der Waals surface area (Å²) in [6, 6.07) is 7.16. The van der Waals surface area contributed by atoms with Gasteiger partial charge in [-0.05, 0) is 25.5 Å². The molecular formula is C20H26N4O5S. The van der Waals surface area contributed by atoms with Gasteiger partial charge < -0.3 is 9.47 Å². The fourth-order valence-corrected chi connectivity index (χ4v) is 4.00. The van der Waals surface area contributed by atoms with E-state index in [1.54, 1.807) is 23.6 Å². The molecule has 2 heterocycles. The molecule has 1 aromatic carbocycles. The number of fused-ring (bicyclic) bond motifs is 1. The zero-order valence-corrected chi connectivity index (χ0v) is 17.8. The Morgan fingerprint density at radius 2 is 2.00 bits per heavy atom. The number of benzene rings is 1. The van der Waals surface area contributed by atoms with Crippen molar-refractivity contribution in [2.75, 3.05) is 45.2 Å². The van der Waals surface area contributed by atoms with Crippen LogP contribution in [-0.4, -0.2) is 71.7 Å². The Hall–Kier alpha value is -2.43. The van der Waals surface area contributed by atoms with Gasteiger partial charge in [0.15, 0.2) is 5.16 Å². The van der Waals surface area contributed by atoms with Crippen LogP contribution in [0.2, 0.25) is 0 Å². The Kier molecular flexibility index (Phi) is 8.23. The lowest BCUT2D eigenvalue weighted by molar-refractivity contribution is -0.117. The number of imide groups is 1. The Morgan fingerprint density at radius 3 is 2.77 bits per heavy atom. The molecular weight excluding hydrogens is 408 g/mol. The molecule has 0 spiro atoms. The molecule has 0 radical (unpaired) electrons. The number of thioether (sulfide) groups is 1. The number of aromatic nitrogens is 2. The number of morpholine rings is 1. The minimum absolute atomic E-state index is 0.0486. The topological polar surface area (TPSA) is 103 Å². The van der Waals surface area contributed by atoms with Crippen LogP contribution in [0.3, 0.4) is 0 Å². The van der Waals surface area contributed by atoms with Gasteiger partial charge in [0.25, 0.3) is 5.56 Å². The van der Waals surface area contributed by atoms with Crippen molar-refractivity contribution in [3.05, 3.63) is 34.6 Å². The van der Waals surface area contributed by atoms with Crippen LogP contribution in [0, 0.1) is 0 Å². The summed E-state index contributed by atoms with van der Waals surface area (Å²) < 4.78 is 11.7. The number of para-hydroxylation sites is 1. The predicted octanol–water partition coefficient (Wildman–Crippen LogP) is 1.48. The van der Waals surface area contributed by atoms with Crippen molar-refractivity contribution in [2.24, 2.45) is 0 Å². The second-order valence-corrected chi connectivity index (χ2v) is 7.68. The van der Waals surface area contributed by atoms with E-state index in [0.717, 1.165) is 51.0 Å². The monoisotopic (exact) mass is 434 g/mol. The standard InChI is InChI=1S/C20H26N4O5S/c1-2-29-20(27)22-17(25)14-30-19-21-16-7-4-3-6-15(16)18(26)24(19)9-5-8-23-10-12-28-13-11-23/h3-4,6-7H,2,5,8-14H2,1H3,(H,22,25,27). The van der Waals surface area contributed by atoms with Gasteiger partial charge in [0, 0.05) is 26.2 Å². The Labute approximate surface area is 178 Å². The van der Waals surface area contributed by atoms with Crippen molar-refractivity contribution < 1.29 is 19.1 Å². The van der Waals surface area contributed by atoms with Crippen LogP contribution in [0.4, 0.5) is 4.79 Å². The fraction of sp³-hybridized carbons (Fsp3) is 0.500. The maximum atomic E-state index is 13.0. The first-order valence-corrected chi connectivity index (χ1v) is 11.0. The average molecular weight is 435 g/mol. The highest BCUT2D eigenvalue weighted by molar-refractivity contribution is 7.99. The first-order valence-electron chi connectivity index (χ1n) is 9.97. The third-order valence-corrected chi connectivity index (χ3v) is 5.61. The number of nitrogens with one attached hydrogen (secondary N) is 1. The molecule has 1 aliphatic heterocycles. The zero-order valence-electron chi connectivity index (χ0n) is 17.0. The molecule has 3 rings (SSSR count). The third-order valence-electron chi connectivity index (χ3n) is 4.64. The Morgan fingerprint density at radius 1 is 1.23 bits per heavy atom. The number of hydrogen-bond donors (Lipinski definition) is 1. The van der Waals surface area contributed by atoms with Gasteiger partial charge >= 0.3 is 6.09 Å².